The molecule has 2 atom stereocenters. The Morgan fingerprint density at radius 2 is 1.71 bits per heavy atom. The molecule has 17 heavy (non-hydrogen) atoms. The molecule has 2 N–H and O–H groups in total. The van der Waals surface area contributed by atoms with Crippen molar-refractivity contribution in [1.29, 1.82) is 0 Å². The predicted molar refractivity (Wildman–Crippen MR) is 74.1 cm³/mol. The first kappa shape index (κ1) is 13.4. The number of hydrogen-bond acceptors (Lipinski definition) is 2. The van der Waals surface area contributed by atoms with E-state index in [1.54, 1.807) is 0 Å². The molecule has 0 bridgehead atoms. The molecule has 1 heterocycles. The van der Waals surface area contributed by atoms with Crippen LogP contribution in [0.2, 0.25) is 0 Å². The Balaban J connectivity index is 2.13. The molecule has 0 spiro atoms. The summed E-state index contributed by atoms with van der Waals surface area (Å²) in [7, 11) is 0. The Morgan fingerprint density at radius 3 is 2.29 bits per heavy atom. The van der Waals surface area contributed by atoms with Crippen LogP contribution in [0.1, 0.15) is 65.2 Å². The Morgan fingerprint density at radius 1 is 1.06 bits per heavy atom. The summed E-state index contributed by atoms with van der Waals surface area (Å²) < 4.78 is 0. The zero-order valence-electron chi connectivity index (χ0n) is 11.8. The van der Waals surface area contributed by atoms with Gasteiger partial charge in [-0.15, -0.1) is 0 Å². The molecular formula is C15H30N2. The van der Waals surface area contributed by atoms with Crippen LogP contribution in [0, 0.1) is 5.92 Å². The zero-order chi connectivity index (χ0) is 12.3. The topological polar surface area (TPSA) is 29.3 Å². The third-order valence-electron chi connectivity index (χ3n) is 5.14. The summed E-state index contributed by atoms with van der Waals surface area (Å²) in [5.74, 6) is 0.859. The minimum absolute atomic E-state index is 0.338. The molecule has 1 saturated heterocycles. The first-order valence-corrected chi connectivity index (χ1v) is 7.65. The fourth-order valence-corrected chi connectivity index (χ4v) is 3.94. The summed E-state index contributed by atoms with van der Waals surface area (Å²) in [5.41, 5.74) is 6.54. The molecule has 0 aromatic heterocycles. The average molecular weight is 238 g/mol. The Hall–Kier alpha value is -0.0800. The standard InChI is InChI=1S/C15H30N2/c1-13-7-8-14(2)17(11-13)15(12-16)9-5-3-4-6-10-15/h13-14H,3-12,16H2,1-2H3. The third kappa shape index (κ3) is 2.85. The van der Waals surface area contributed by atoms with E-state index >= 15 is 0 Å². The fourth-order valence-electron chi connectivity index (χ4n) is 3.94. The quantitative estimate of drug-likeness (QED) is 0.749. The number of nitrogens with two attached hydrogens (primary N) is 1. The summed E-state index contributed by atoms with van der Waals surface area (Å²) >= 11 is 0. The first-order valence-electron chi connectivity index (χ1n) is 7.65. The minimum atomic E-state index is 0.338. The molecule has 1 aliphatic carbocycles. The smallest absolute Gasteiger partial charge is 0.0334 e. The molecule has 0 radical (unpaired) electrons. The molecule has 0 amide bonds. The molecule has 0 aromatic carbocycles. The van der Waals surface area contributed by atoms with Crippen molar-refractivity contribution in [3.8, 4) is 0 Å². The number of rotatable bonds is 2. The number of piperidine rings is 1. The van der Waals surface area contributed by atoms with Crippen molar-refractivity contribution in [3.63, 3.8) is 0 Å². The highest BCUT2D eigenvalue weighted by Gasteiger charge is 2.40. The molecule has 2 unspecified atom stereocenters. The third-order valence-corrected chi connectivity index (χ3v) is 5.14. The summed E-state index contributed by atoms with van der Waals surface area (Å²) in [4.78, 5) is 2.78. The second-order valence-corrected chi connectivity index (χ2v) is 6.53. The lowest BCUT2D eigenvalue weighted by Gasteiger charge is -2.50. The fraction of sp³-hybridized carbons (Fsp3) is 1.00. The molecule has 2 nitrogen and oxygen atoms in total. The maximum atomic E-state index is 6.20. The highest BCUT2D eigenvalue weighted by atomic mass is 15.2. The Labute approximate surface area is 107 Å². The van der Waals surface area contributed by atoms with Gasteiger partial charge in [0.15, 0.2) is 0 Å². The van der Waals surface area contributed by atoms with Crippen LogP contribution in [0.25, 0.3) is 0 Å². The Kier molecular flexibility index (Phi) is 4.48. The van der Waals surface area contributed by atoms with Crippen molar-refractivity contribution in [2.45, 2.75) is 76.8 Å². The van der Waals surface area contributed by atoms with Crippen molar-refractivity contribution >= 4 is 0 Å². The van der Waals surface area contributed by atoms with E-state index in [1.807, 2.05) is 0 Å². The van der Waals surface area contributed by atoms with E-state index in [0.29, 0.717) is 5.54 Å². The first-order chi connectivity index (χ1) is 8.18. The van der Waals surface area contributed by atoms with Crippen LogP contribution in [0.3, 0.4) is 0 Å². The van der Waals surface area contributed by atoms with E-state index in [9.17, 15) is 0 Å². The lowest BCUT2D eigenvalue weighted by molar-refractivity contribution is 0.000470. The van der Waals surface area contributed by atoms with Crippen LogP contribution in [0.15, 0.2) is 0 Å². The number of hydrogen-bond donors (Lipinski definition) is 1. The van der Waals surface area contributed by atoms with Gasteiger partial charge in [0.05, 0.1) is 0 Å². The molecule has 2 fully saturated rings. The van der Waals surface area contributed by atoms with Gasteiger partial charge >= 0.3 is 0 Å². The molecule has 100 valence electrons. The van der Waals surface area contributed by atoms with Gasteiger partial charge in [-0.25, -0.2) is 0 Å². The van der Waals surface area contributed by atoms with Crippen molar-refractivity contribution in [1.82, 2.24) is 4.90 Å². The van der Waals surface area contributed by atoms with E-state index in [4.69, 9.17) is 5.73 Å². The van der Waals surface area contributed by atoms with Gasteiger partial charge in [-0.1, -0.05) is 32.6 Å². The molecule has 0 aromatic rings. The van der Waals surface area contributed by atoms with Gasteiger partial charge in [0.1, 0.15) is 0 Å². The molecule has 1 aliphatic heterocycles. The molecule has 2 rings (SSSR count). The van der Waals surface area contributed by atoms with Crippen molar-refractivity contribution in [2.24, 2.45) is 11.7 Å². The monoisotopic (exact) mass is 238 g/mol. The van der Waals surface area contributed by atoms with Crippen LogP contribution >= 0.6 is 0 Å². The van der Waals surface area contributed by atoms with Gasteiger partial charge in [0.2, 0.25) is 0 Å². The van der Waals surface area contributed by atoms with Crippen molar-refractivity contribution in [2.75, 3.05) is 13.1 Å². The predicted octanol–water partition coefficient (Wildman–Crippen LogP) is 3.16. The van der Waals surface area contributed by atoms with Crippen LogP contribution in [-0.4, -0.2) is 29.6 Å². The SMILES string of the molecule is CC1CCC(C)N(C2(CN)CCCCCC2)C1. The minimum Gasteiger partial charge on any atom is -0.329 e. The van der Waals surface area contributed by atoms with Crippen LogP contribution in [-0.2, 0) is 0 Å². The molecule has 2 aliphatic rings. The van der Waals surface area contributed by atoms with Gasteiger partial charge in [-0.2, -0.15) is 0 Å². The molecule has 1 saturated carbocycles. The summed E-state index contributed by atoms with van der Waals surface area (Å²) in [6.45, 7) is 6.95. The van der Waals surface area contributed by atoms with E-state index in [2.05, 4.69) is 18.7 Å². The van der Waals surface area contributed by atoms with Gasteiger partial charge in [-0.3, -0.25) is 4.90 Å². The van der Waals surface area contributed by atoms with E-state index in [1.165, 1.54) is 57.9 Å². The van der Waals surface area contributed by atoms with Gasteiger partial charge < -0.3 is 5.73 Å². The van der Waals surface area contributed by atoms with Gasteiger partial charge in [0.25, 0.3) is 0 Å². The normalized spacial score (nSPS) is 35.5. The summed E-state index contributed by atoms with van der Waals surface area (Å²) in [6, 6.07) is 0.743. The second kappa shape index (κ2) is 5.71. The van der Waals surface area contributed by atoms with Crippen molar-refractivity contribution < 1.29 is 0 Å². The van der Waals surface area contributed by atoms with Gasteiger partial charge in [0, 0.05) is 24.7 Å². The largest absolute Gasteiger partial charge is 0.329 e. The van der Waals surface area contributed by atoms with E-state index in [-0.39, 0.29) is 0 Å². The lowest BCUT2D eigenvalue weighted by atomic mass is 9.82. The maximum Gasteiger partial charge on any atom is 0.0334 e. The van der Waals surface area contributed by atoms with Crippen LogP contribution < -0.4 is 5.73 Å². The van der Waals surface area contributed by atoms with Crippen molar-refractivity contribution in [3.05, 3.63) is 0 Å². The van der Waals surface area contributed by atoms with Gasteiger partial charge in [-0.05, 0) is 38.5 Å². The zero-order valence-corrected chi connectivity index (χ0v) is 11.8. The summed E-state index contributed by atoms with van der Waals surface area (Å²) in [5, 5.41) is 0. The highest BCUT2D eigenvalue weighted by molar-refractivity contribution is 4.97. The van der Waals surface area contributed by atoms with E-state index in [0.717, 1.165) is 18.5 Å². The Bertz CT molecular complexity index is 231. The second-order valence-electron chi connectivity index (χ2n) is 6.53. The van der Waals surface area contributed by atoms with Crippen LogP contribution in [0.4, 0.5) is 0 Å². The average Bonchev–Trinajstić information content (AvgIpc) is 2.58. The summed E-state index contributed by atoms with van der Waals surface area (Å²) in [6.07, 6.45) is 11.0. The molecule has 2 heteroatoms. The maximum absolute atomic E-state index is 6.20. The lowest BCUT2D eigenvalue weighted by Crippen LogP contribution is -2.59. The van der Waals surface area contributed by atoms with E-state index < -0.39 is 0 Å². The number of nitrogens with zero attached hydrogens (tertiary/aromatic N) is 1. The molecular weight excluding hydrogens is 208 g/mol. The highest BCUT2D eigenvalue weighted by Crippen LogP contribution is 2.37. The van der Waals surface area contributed by atoms with Crippen LogP contribution in [0.5, 0.6) is 0 Å². The number of likely N-dealkylation sites (tertiary alicyclic amines) is 1.